The zero-order valence-corrected chi connectivity index (χ0v) is 39.1. The summed E-state index contributed by atoms with van der Waals surface area (Å²) < 4.78 is 55.8. The van der Waals surface area contributed by atoms with Gasteiger partial charge in [0.25, 0.3) is 10.0 Å². The lowest BCUT2D eigenvalue weighted by Crippen LogP contribution is -2.58. The fraction of sp³-hybridized carbons (Fsp3) is 0.438. The van der Waals surface area contributed by atoms with Crippen LogP contribution in [0.1, 0.15) is 79.5 Å². The van der Waals surface area contributed by atoms with Crippen molar-refractivity contribution in [1.82, 2.24) is 20.1 Å². The van der Waals surface area contributed by atoms with E-state index in [9.17, 15) is 24.0 Å². The number of alkyl carbamates (subject to hydrolysis) is 1. The quantitative estimate of drug-likeness (QED) is 0.0769. The molecule has 0 radical (unpaired) electrons. The molecule has 3 heterocycles. The summed E-state index contributed by atoms with van der Waals surface area (Å²) in [6, 6.07) is 19.7. The molecule has 1 aromatic heterocycles. The first kappa shape index (κ1) is 48.1. The number of carbonyl (C=O) groups is 5. The molecule has 2 aliphatic heterocycles. The Morgan fingerprint density at radius 3 is 2.15 bits per heavy atom. The molecule has 4 aromatic rings. The molecule has 3 amide bonds. The van der Waals surface area contributed by atoms with Gasteiger partial charge in [0.2, 0.25) is 5.91 Å². The number of benzene rings is 3. The van der Waals surface area contributed by atoms with E-state index in [4.69, 9.17) is 18.9 Å². The minimum absolute atomic E-state index is 0.0719. The molecule has 0 unspecified atom stereocenters. The highest BCUT2D eigenvalue weighted by molar-refractivity contribution is 7.92. The minimum Gasteiger partial charge on any atom is -0.460 e. The van der Waals surface area contributed by atoms with Gasteiger partial charge in [0.15, 0.2) is 6.17 Å². The van der Waals surface area contributed by atoms with Gasteiger partial charge in [0.05, 0.1) is 17.7 Å². The Labute approximate surface area is 380 Å². The van der Waals surface area contributed by atoms with Crippen molar-refractivity contribution in [3.05, 3.63) is 109 Å². The van der Waals surface area contributed by atoms with E-state index in [1.165, 1.54) is 18.2 Å². The second-order valence-electron chi connectivity index (χ2n) is 18.3. The lowest BCUT2D eigenvalue weighted by Gasteiger charge is -2.39. The second kappa shape index (κ2) is 18.6. The number of anilines is 1. The molecule has 0 aliphatic carbocycles. The predicted molar refractivity (Wildman–Crippen MR) is 243 cm³/mol. The van der Waals surface area contributed by atoms with Crippen LogP contribution in [0.5, 0.6) is 0 Å². The van der Waals surface area contributed by atoms with Gasteiger partial charge in [-0.1, -0.05) is 87.5 Å². The average molecular weight is 914 g/mol. The zero-order chi connectivity index (χ0) is 47.6. The van der Waals surface area contributed by atoms with Crippen molar-refractivity contribution in [3.8, 4) is 0 Å². The van der Waals surface area contributed by atoms with Crippen LogP contribution in [0.4, 0.5) is 15.3 Å². The Morgan fingerprint density at radius 1 is 0.892 bits per heavy atom. The second-order valence-corrected chi connectivity index (χ2v) is 20.1. The first-order chi connectivity index (χ1) is 30.6. The van der Waals surface area contributed by atoms with E-state index in [1.54, 1.807) is 97.0 Å². The van der Waals surface area contributed by atoms with E-state index in [2.05, 4.69) is 17.2 Å². The third-order valence-corrected chi connectivity index (χ3v) is 13.2. The van der Waals surface area contributed by atoms with Gasteiger partial charge in [0.1, 0.15) is 41.5 Å². The molecule has 0 spiro atoms. The topological polar surface area (TPSA) is 192 Å². The van der Waals surface area contributed by atoms with Crippen molar-refractivity contribution in [2.45, 2.75) is 121 Å². The number of fused-ring (bicyclic) bond motifs is 4. The fourth-order valence-electron chi connectivity index (χ4n) is 8.69. The van der Waals surface area contributed by atoms with Gasteiger partial charge in [-0.3, -0.25) is 9.69 Å². The summed E-state index contributed by atoms with van der Waals surface area (Å²) in [5.74, 6) is -2.70. The van der Waals surface area contributed by atoms with Gasteiger partial charge in [-0.05, 0) is 83.2 Å². The molecule has 3 aromatic carbocycles. The Kier molecular flexibility index (Phi) is 13.8. The van der Waals surface area contributed by atoms with Crippen LogP contribution in [-0.4, -0.2) is 97.1 Å². The largest absolute Gasteiger partial charge is 0.460 e. The lowest BCUT2D eigenvalue weighted by atomic mass is 9.85. The number of esters is 2. The van der Waals surface area contributed by atoms with Gasteiger partial charge in [-0.15, -0.1) is 0 Å². The van der Waals surface area contributed by atoms with Crippen molar-refractivity contribution < 1.29 is 51.3 Å². The van der Waals surface area contributed by atoms with Gasteiger partial charge in [-0.2, -0.15) is 0 Å². The Hall–Kier alpha value is -6.36. The number of hydrogen-bond acceptors (Lipinski definition) is 11. The van der Waals surface area contributed by atoms with E-state index in [0.29, 0.717) is 28.6 Å². The van der Waals surface area contributed by atoms with Crippen molar-refractivity contribution in [2.75, 3.05) is 18.0 Å². The van der Waals surface area contributed by atoms with Crippen LogP contribution in [0.2, 0.25) is 0 Å². The maximum Gasteiger partial charge on any atom is 0.412 e. The van der Waals surface area contributed by atoms with E-state index < -0.39 is 87.0 Å². The standard InChI is InChI=1S/C48H59N5O11S/c1-11-26-62-41(55)35(49-40(54)39(30(3)12-2)50-44(57)64-47(7,8)9)28-32-27-31-20-16-18-24-36(31)52(32)48-29-38(42(56)63-46(4,5)6)51(45(58)61-10)43(48)53(37-25-19-17-23-34(37)48)65(59,60)33-21-14-13-15-22-33/h11,13-25,27,30,35,38-39,43H,1,12,26,28-29H2,2-10H3,(H,49,54)(H,50,57)/t30-,35-,38-,39-,43-,48-/m0/s1. The average Bonchev–Trinajstić information content (AvgIpc) is 3.88. The number of methoxy groups -OCH3 is 1. The monoisotopic (exact) mass is 913 g/mol. The molecule has 17 heteroatoms. The summed E-state index contributed by atoms with van der Waals surface area (Å²) in [6.45, 7) is 17.3. The molecule has 6 atom stereocenters. The van der Waals surface area contributed by atoms with Crippen molar-refractivity contribution >= 4 is 56.6 Å². The number of likely N-dealkylation sites (tertiary alicyclic amines) is 1. The lowest BCUT2D eigenvalue weighted by molar-refractivity contribution is -0.160. The molecule has 2 N–H and O–H groups in total. The Morgan fingerprint density at radius 2 is 1.52 bits per heavy atom. The fourth-order valence-corrected chi connectivity index (χ4v) is 10.4. The van der Waals surface area contributed by atoms with Crippen molar-refractivity contribution in [1.29, 1.82) is 0 Å². The molecule has 2 aliphatic rings. The summed E-state index contributed by atoms with van der Waals surface area (Å²) in [5, 5.41) is 6.18. The summed E-state index contributed by atoms with van der Waals surface area (Å²) >= 11 is 0. The number of nitrogens with zero attached hydrogens (tertiary/aromatic N) is 3. The summed E-state index contributed by atoms with van der Waals surface area (Å²) in [6.07, 6.45) is -1.89. The summed E-state index contributed by atoms with van der Waals surface area (Å²) in [4.78, 5) is 71.5. The minimum atomic E-state index is -4.53. The van der Waals surface area contributed by atoms with Crippen LogP contribution in [0.15, 0.2) is 102 Å². The molecule has 65 heavy (non-hydrogen) atoms. The number of hydrogen-bond donors (Lipinski definition) is 2. The number of carbonyl (C=O) groups excluding carboxylic acids is 5. The zero-order valence-electron chi connectivity index (χ0n) is 38.3. The molecule has 1 saturated heterocycles. The van der Waals surface area contributed by atoms with E-state index in [-0.39, 0.29) is 30.0 Å². The van der Waals surface area contributed by atoms with E-state index in [0.717, 1.165) is 16.3 Å². The van der Waals surface area contributed by atoms with Gasteiger partial charge in [0, 0.05) is 29.6 Å². The highest BCUT2D eigenvalue weighted by atomic mass is 32.2. The van der Waals surface area contributed by atoms with E-state index >= 15 is 8.42 Å². The number of aromatic nitrogens is 1. The van der Waals surface area contributed by atoms with Gasteiger partial charge >= 0.3 is 24.1 Å². The van der Waals surface area contributed by atoms with Crippen molar-refractivity contribution in [3.63, 3.8) is 0 Å². The number of nitrogens with one attached hydrogen (secondary N) is 2. The normalized spacial score (nSPS) is 19.6. The first-order valence-corrected chi connectivity index (χ1v) is 23.0. The number of para-hydroxylation sites is 2. The van der Waals surface area contributed by atoms with Crippen LogP contribution in [0, 0.1) is 5.92 Å². The highest BCUT2D eigenvalue weighted by Gasteiger charge is 2.68. The van der Waals surface area contributed by atoms with Gasteiger partial charge in [-0.25, -0.2) is 31.9 Å². The summed E-state index contributed by atoms with van der Waals surface area (Å²) in [7, 11) is -3.38. The molecule has 348 valence electrons. The van der Waals surface area contributed by atoms with Crippen LogP contribution in [0.25, 0.3) is 10.9 Å². The van der Waals surface area contributed by atoms with Crippen LogP contribution in [0.3, 0.4) is 0 Å². The number of rotatable bonds is 14. The molecule has 6 rings (SSSR count). The van der Waals surface area contributed by atoms with Crippen LogP contribution in [-0.2, 0) is 55.3 Å². The van der Waals surface area contributed by atoms with Crippen molar-refractivity contribution in [2.24, 2.45) is 5.92 Å². The third kappa shape index (κ3) is 9.56. The number of ether oxygens (including phenoxy) is 4. The molecule has 16 nitrogen and oxygen atoms in total. The molecule has 0 saturated carbocycles. The highest BCUT2D eigenvalue weighted by Crippen LogP contribution is 2.58. The van der Waals surface area contributed by atoms with Crippen LogP contribution < -0.4 is 14.9 Å². The predicted octanol–water partition coefficient (Wildman–Crippen LogP) is 6.80. The maximum atomic E-state index is 15.2. The van der Waals surface area contributed by atoms with Gasteiger partial charge < -0.3 is 34.1 Å². The Bertz CT molecular complexity index is 2560. The molecule has 1 fully saturated rings. The molecule has 0 bridgehead atoms. The maximum absolute atomic E-state index is 15.2. The summed E-state index contributed by atoms with van der Waals surface area (Å²) in [5.41, 5.74) is -1.84. The molecular weight excluding hydrogens is 855 g/mol. The SMILES string of the molecule is C=CCOC(=O)[C@H](Cc1cc2ccccc2n1[C@]12C[C@@H](C(=O)OC(C)(C)C)N(C(=O)OC)[C@H]1N(S(=O)(=O)c1ccccc1)c1ccccc12)NC(=O)[C@@H](NC(=O)OC(C)(C)C)[C@@H](C)CC. The number of amides is 3. The third-order valence-electron chi connectivity index (χ3n) is 11.4. The molecular formula is C48H59N5O11S. The first-order valence-electron chi connectivity index (χ1n) is 21.5. The smallest absolute Gasteiger partial charge is 0.412 e. The number of sulfonamides is 1. The van der Waals surface area contributed by atoms with Crippen LogP contribution >= 0.6 is 0 Å². The van der Waals surface area contributed by atoms with E-state index in [1.807, 2.05) is 35.8 Å². The Balaban J connectivity index is 1.61.